The molecule has 2 N–H and O–H groups in total. The van der Waals surface area contributed by atoms with Crippen molar-refractivity contribution in [1.29, 1.82) is 0 Å². The summed E-state index contributed by atoms with van der Waals surface area (Å²) in [4.78, 5) is 24.9. The van der Waals surface area contributed by atoms with E-state index < -0.39 is 17.8 Å². The Balaban J connectivity index is 1.68. The van der Waals surface area contributed by atoms with Crippen LogP contribution >= 0.6 is 0 Å². The van der Waals surface area contributed by atoms with Crippen molar-refractivity contribution in [1.82, 2.24) is 4.57 Å². The number of nitrogens with zero attached hydrogens (tertiary/aromatic N) is 1. The number of aromatic nitrogens is 1. The van der Waals surface area contributed by atoms with Crippen LogP contribution in [-0.4, -0.2) is 15.6 Å². The Labute approximate surface area is 200 Å². The monoisotopic (exact) mass is 470 g/mol. The molecule has 0 saturated heterocycles. The van der Waals surface area contributed by atoms with Gasteiger partial charge in [-0.1, -0.05) is 24.3 Å². The van der Waals surface area contributed by atoms with E-state index in [0.29, 0.717) is 22.6 Å². The van der Waals surface area contributed by atoms with Crippen LogP contribution in [0.2, 0.25) is 0 Å². The molecule has 3 aromatic carbocycles. The zero-order valence-electron chi connectivity index (χ0n) is 19.4. The number of nitrogens with one attached hydrogen (secondary N) is 1. The third-order valence-corrected chi connectivity index (χ3v) is 6.24. The predicted molar refractivity (Wildman–Crippen MR) is 135 cm³/mol. The first-order valence-electron chi connectivity index (χ1n) is 11.1. The van der Waals surface area contributed by atoms with Crippen LogP contribution in [0, 0.1) is 12.7 Å². The molecule has 0 aliphatic heterocycles. The van der Waals surface area contributed by atoms with E-state index in [2.05, 4.69) is 5.32 Å². The fraction of sp³-hybridized carbons (Fsp3) is 0.143. The van der Waals surface area contributed by atoms with Crippen LogP contribution in [0.3, 0.4) is 0 Å². The Morgan fingerprint density at radius 3 is 2.60 bits per heavy atom. The highest BCUT2D eigenvalue weighted by Crippen LogP contribution is 2.33. The Morgan fingerprint density at radius 1 is 1.09 bits per heavy atom. The van der Waals surface area contributed by atoms with E-state index in [-0.39, 0.29) is 22.0 Å². The third kappa shape index (κ3) is 3.95. The van der Waals surface area contributed by atoms with Crippen molar-refractivity contribution in [3.8, 4) is 11.3 Å². The Hall–Kier alpha value is -4.39. The largest absolute Gasteiger partial charge is 0.478 e. The molecule has 2 heterocycles. The molecule has 7 heteroatoms. The molecule has 0 aliphatic rings. The molecule has 0 spiro atoms. The van der Waals surface area contributed by atoms with E-state index in [1.165, 1.54) is 18.2 Å². The zero-order valence-corrected chi connectivity index (χ0v) is 19.4. The van der Waals surface area contributed by atoms with E-state index >= 15 is 0 Å². The van der Waals surface area contributed by atoms with Crippen molar-refractivity contribution in [2.45, 2.75) is 19.9 Å². The second-order valence-electron chi connectivity index (χ2n) is 8.74. The van der Waals surface area contributed by atoms with Crippen molar-refractivity contribution in [3.63, 3.8) is 0 Å². The second-order valence-corrected chi connectivity index (χ2v) is 8.74. The summed E-state index contributed by atoms with van der Waals surface area (Å²) in [6.07, 6.45) is 3.99. The number of hydrogen-bond acceptors (Lipinski definition) is 4. The van der Waals surface area contributed by atoms with Gasteiger partial charge >= 0.3 is 5.97 Å². The first kappa shape index (κ1) is 22.4. The molecule has 0 saturated carbocycles. The van der Waals surface area contributed by atoms with Crippen LogP contribution in [-0.2, 0) is 7.05 Å². The average Bonchev–Trinajstić information content (AvgIpc) is 3.20. The van der Waals surface area contributed by atoms with E-state index in [9.17, 15) is 19.1 Å². The minimum Gasteiger partial charge on any atom is -0.478 e. The van der Waals surface area contributed by atoms with Crippen LogP contribution in [0.4, 0.5) is 10.1 Å². The number of benzene rings is 3. The summed E-state index contributed by atoms with van der Waals surface area (Å²) >= 11 is 0. The van der Waals surface area contributed by atoms with Gasteiger partial charge in [0.25, 0.3) is 0 Å². The summed E-state index contributed by atoms with van der Waals surface area (Å²) in [7, 11) is 1.94. The molecule has 0 bridgehead atoms. The Kier molecular flexibility index (Phi) is 5.40. The Bertz CT molecular complexity index is 1680. The molecular weight excluding hydrogens is 447 g/mol. The third-order valence-electron chi connectivity index (χ3n) is 6.24. The van der Waals surface area contributed by atoms with Gasteiger partial charge in [0, 0.05) is 47.2 Å². The number of aromatic carboxylic acids is 1. The lowest BCUT2D eigenvalue weighted by Gasteiger charge is -2.19. The number of carboxylic acid groups (broad SMARTS) is 1. The van der Waals surface area contributed by atoms with Gasteiger partial charge in [0.15, 0.2) is 5.43 Å². The van der Waals surface area contributed by atoms with Gasteiger partial charge < -0.3 is 19.4 Å². The second kappa shape index (κ2) is 8.43. The summed E-state index contributed by atoms with van der Waals surface area (Å²) in [6, 6.07) is 14.2. The number of anilines is 1. The molecule has 35 heavy (non-hydrogen) atoms. The number of carboxylic acids is 1. The van der Waals surface area contributed by atoms with Crippen LogP contribution in [0.1, 0.15) is 34.5 Å². The number of halogens is 1. The first-order chi connectivity index (χ1) is 16.7. The lowest BCUT2D eigenvalue weighted by Crippen LogP contribution is -2.14. The van der Waals surface area contributed by atoms with Crippen LogP contribution in [0.15, 0.2) is 76.2 Å². The van der Waals surface area contributed by atoms with Crippen LogP contribution < -0.4 is 10.7 Å². The maximum Gasteiger partial charge on any atom is 0.337 e. The Morgan fingerprint density at radius 2 is 1.83 bits per heavy atom. The zero-order chi connectivity index (χ0) is 24.9. The fourth-order valence-corrected chi connectivity index (χ4v) is 4.51. The number of para-hydroxylation sites is 1. The lowest BCUT2D eigenvalue weighted by molar-refractivity contribution is 0.0698. The standard InChI is InChI=1S/C28H23FN2O4/c1-15-25(32)23-12-20(29)11-22(16(2)30-24-7-5-4-6-21(24)28(33)34)27(23)35-26(15)17-8-9-18-13-31(3)14-19(18)10-17/h4-14,16,30H,1-3H3,(H,33,34). The van der Waals surface area contributed by atoms with Gasteiger partial charge in [0.1, 0.15) is 17.2 Å². The van der Waals surface area contributed by atoms with E-state index in [1.807, 2.05) is 42.2 Å². The molecule has 1 atom stereocenters. The average molecular weight is 471 g/mol. The molecular formula is C28H23FN2O4. The van der Waals surface area contributed by atoms with Gasteiger partial charge in [0.05, 0.1) is 17.0 Å². The molecule has 2 aromatic heterocycles. The van der Waals surface area contributed by atoms with Gasteiger partial charge in [-0.2, -0.15) is 0 Å². The molecule has 176 valence electrons. The highest BCUT2D eigenvalue weighted by Gasteiger charge is 2.21. The smallest absolute Gasteiger partial charge is 0.337 e. The summed E-state index contributed by atoms with van der Waals surface area (Å²) in [5.41, 5.74) is 1.97. The van der Waals surface area contributed by atoms with Crippen molar-refractivity contribution < 1.29 is 18.7 Å². The highest BCUT2D eigenvalue weighted by molar-refractivity contribution is 5.94. The molecule has 0 aliphatic carbocycles. The molecule has 0 fully saturated rings. The van der Waals surface area contributed by atoms with Crippen LogP contribution in [0.5, 0.6) is 0 Å². The van der Waals surface area contributed by atoms with Gasteiger partial charge in [-0.05, 0) is 49.6 Å². The van der Waals surface area contributed by atoms with Gasteiger partial charge in [0.2, 0.25) is 0 Å². The lowest BCUT2D eigenvalue weighted by atomic mass is 10.00. The van der Waals surface area contributed by atoms with E-state index in [1.54, 1.807) is 32.0 Å². The molecule has 0 amide bonds. The highest BCUT2D eigenvalue weighted by atomic mass is 19.1. The number of carbonyl (C=O) groups is 1. The van der Waals surface area contributed by atoms with Crippen molar-refractivity contribution in [2.75, 3.05) is 5.32 Å². The number of aryl methyl sites for hydroxylation is 1. The van der Waals surface area contributed by atoms with Gasteiger partial charge in [-0.25, -0.2) is 9.18 Å². The van der Waals surface area contributed by atoms with E-state index in [4.69, 9.17) is 4.42 Å². The normalized spacial score (nSPS) is 12.2. The van der Waals surface area contributed by atoms with Crippen molar-refractivity contribution >= 4 is 33.4 Å². The van der Waals surface area contributed by atoms with Crippen molar-refractivity contribution in [3.05, 3.63) is 99.7 Å². The molecule has 5 aromatic rings. The van der Waals surface area contributed by atoms with Gasteiger partial charge in [-0.15, -0.1) is 0 Å². The first-order valence-corrected chi connectivity index (χ1v) is 11.1. The summed E-state index contributed by atoms with van der Waals surface area (Å²) in [6.45, 7) is 3.44. The fourth-order valence-electron chi connectivity index (χ4n) is 4.51. The van der Waals surface area contributed by atoms with Crippen molar-refractivity contribution in [2.24, 2.45) is 7.05 Å². The summed E-state index contributed by atoms with van der Waals surface area (Å²) in [5, 5.41) is 14.9. The molecule has 5 rings (SSSR count). The van der Waals surface area contributed by atoms with Crippen LogP contribution in [0.25, 0.3) is 33.1 Å². The number of fused-ring (bicyclic) bond motifs is 2. The molecule has 6 nitrogen and oxygen atoms in total. The predicted octanol–water partition coefficient (Wildman–Crippen LogP) is 6.27. The summed E-state index contributed by atoms with van der Waals surface area (Å²) < 4.78 is 22.9. The molecule has 0 radical (unpaired) electrons. The maximum atomic E-state index is 14.6. The number of rotatable bonds is 5. The van der Waals surface area contributed by atoms with E-state index in [0.717, 1.165) is 16.3 Å². The quantitative estimate of drug-likeness (QED) is 0.316. The van der Waals surface area contributed by atoms with Gasteiger partial charge in [-0.3, -0.25) is 4.79 Å². The molecule has 1 unspecified atom stereocenters. The SMILES string of the molecule is Cc1c(-c2ccc3cn(C)cc3c2)oc2c(C(C)Nc3ccccc3C(=O)O)cc(F)cc2c1=O. The maximum absolute atomic E-state index is 14.6. The minimum atomic E-state index is -1.08. The minimum absolute atomic E-state index is 0.0919. The number of hydrogen-bond donors (Lipinski definition) is 2. The topological polar surface area (TPSA) is 84.5 Å². The summed E-state index contributed by atoms with van der Waals surface area (Å²) in [5.74, 6) is -1.23.